The van der Waals surface area contributed by atoms with Crippen molar-refractivity contribution in [2.75, 3.05) is 39.5 Å². The Morgan fingerprint density at radius 2 is 1.67 bits per heavy atom. The van der Waals surface area contributed by atoms with Crippen LogP contribution >= 0.6 is 15.9 Å². The fraction of sp³-hybridized carbons (Fsp3) is 0.538. The summed E-state index contributed by atoms with van der Waals surface area (Å²) >= 11 is 2.96. The molecule has 21 heavy (non-hydrogen) atoms. The van der Waals surface area contributed by atoms with Crippen molar-refractivity contribution in [1.29, 1.82) is 0 Å². The largest absolute Gasteiger partial charge is 0.485 e. The van der Waals surface area contributed by atoms with Gasteiger partial charge in [0.15, 0.2) is 17.4 Å². The summed E-state index contributed by atoms with van der Waals surface area (Å²) < 4.78 is 32.2. The zero-order valence-electron chi connectivity index (χ0n) is 11.3. The first-order valence-electron chi connectivity index (χ1n) is 6.37. The SMILES string of the molecule is OCCN(CCO)CC(O)COc1c(F)cc(Br)cc1F. The first-order chi connectivity index (χ1) is 9.97. The topological polar surface area (TPSA) is 73.2 Å². The molecule has 1 rings (SSSR count). The highest BCUT2D eigenvalue weighted by molar-refractivity contribution is 9.10. The molecule has 8 heteroatoms. The number of hydrogen-bond acceptors (Lipinski definition) is 5. The van der Waals surface area contributed by atoms with Crippen molar-refractivity contribution in [2.24, 2.45) is 0 Å². The summed E-state index contributed by atoms with van der Waals surface area (Å²) in [6.07, 6.45) is -1.01. The van der Waals surface area contributed by atoms with Crippen LogP contribution in [0.4, 0.5) is 8.78 Å². The third-order valence-corrected chi connectivity index (χ3v) is 3.14. The molecular formula is C13H18BrF2NO4. The van der Waals surface area contributed by atoms with E-state index in [4.69, 9.17) is 14.9 Å². The van der Waals surface area contributed by atoms with Crippen molar-refractivity contribution in [1.82, 2.24) is 4.90 Å². The molecule has 0 saturated heterocycles. The second-order valence-corrected chi connectivity index (χ2v) is 5.33. The quantitative estimate of drug-likeness (QED) is 0.599. The van der Waals surface area contributed by atoms with E-state index in [-0.39, 0.29) is 43.9 Å². The van der Waals surface area contributed by atoms with Gasteiger partial charge in [0, 0.05) is 24.1 Å². The van der Waals surface area contributed by atoms with Gasteiger partial charge in [-0.2, -0.15) is 0 Å². The van der Waals surface area contributed by atoms with Gasteiger partial charge in [0.25, 0.3) is 0 Å². The van der Waals surface area contributed by atoms with Gasteiger partial charge in [0.1, 0.15) is 12.7 Å². The molecule has 1 aromatic rings. The van der Waals surface area contributed by atoms with E-state index in [1.54, 1.807) is 4.90 Å². The molecule has 0 spiro atoms. The van der Waals surface area contributed by atoms with Crippen LogP contribution in [-0.4, -0.2) is 65.8 Å². The lowest BCUT2D eigenvalue weighted by Gasteiger charge is -2.23. The fourth-order valence-corrected chi connectivity index (χ4v) is 2.18. The van der Waals surface area contributed by atoms with Gasteiger partial charge < -0.3 is 20.1 Å². The molecule has 0 fully saturated rings. The smallest absolute Gasteiger partial charge is 0.190 e. The first kappa shape index (κ1) is 18.2. The van der Waals surface area contributed by atoms with Crippen molar-refractivity contribution in [2.45, 2.75) is 6.10 Å². The molecule has 0 heterocycles. The molecule has 5 nitrogen and oxygen atoms in total. The molecule has 0 aromatic heterocycles. The van der Waals surface area contributed by atoms with Crippen LogP contribution in [0.25, 0.3) is 0 Å². The lowest BCUT2D eigenvalue weighted by atomic mass is 10.3. The highest BCUT2D eigenvalue weighted by Crippen LogP contribution is 2.25. The minimum absolute atomic E-state index is 0.112. The van der Waals surface area contributed by atoms with Crippen LogP contribution in [-0.2, 0) is 0 Å². The number of nitrogens with zero attached hydrogens (tertiary/aromatic N) is 1. The van der Waals surface area contributed by atoms with Gasteiger partial charge in [-0.15, -0.1) is 0 Å². The van der Waals surface area contributed by atoms with E-state index in [1.807, 2.05) is 0 Å². The molecule has 1 unspecified atom stereocenters. The Morgan fingerprint density at radius 1 is 1.14 bits per heavy atom. The van der Waals surface area contributed by atoms with Crippen molar-refractivity contribution >= 4 is 15.9 Å². The maximum Gasteiger partial charge on any atom is 0.190 e. The molecule has 0 amide bonds. The Bertz CT molecular complexity index is 421. The van der Waals surface area contributed by atoms with Gasteiger partial charge in [-0.3, -0.25) is 4.90 Å². The molecule has 0 aliphatic heterocycles. The predicted molar refractivity (Wildman–Crippen MR) is 76.2 cm³/mol. The van der Waals surface area contributed by atoms with Crippen LogP contribution < -0.4 is 4.74 Å². The predicted octanol–water partition coefficient (Wildman–Crippen LogP) is 0.754. The highest BCUT2D eigenvalue weighted by Gasteiger charge is 2.16. The van der Waals surface area contributed by atoms with Gasteiger partial charge in [-0.25, -0.2) is 8.78 Å². The normalized spacial score (nSPS) is 12.7. The summed E-state index contributed by atoms with van der Waals surface area (Å²) in [5.41, 5.74) is 0. The zero-order valence-corrected chi connectivity index (χ0v) is 12.9. The first-order valence-corrected chi connectivity index (χ1v) is 7.16. The number of ether oxygens (including phenoxy) is 1. The van der Waals surface area contributed by atoms with E-state index < -0.39 is 23.5 Å². The van der Waals surface area contributed by atoms with E-state index in [0.29, 0.717) is 0 Å². The van der Waals surface area contributed by atoms with E-state index >= 15 is 0 Å². The van der Waals surface area contributed by atoms with Gasteiger partial charge in [0.05, 0.1) is 13.2 Å². The van der Waals surface area contributed by atoms with E-state index in [0.717, 1.165) is 12.1 Å². The Balaban J connectivity index is 2.54. The van der Waals surface area contributed by atoms with Crippen LogP contribution in [0.2, 0.25) is 0 Å². The Morgan fingerprint density at radius 3 is 2.14 bits per heavy atom. The molecule has 0 bridgehead atoms. The van der Waals surface area contributed by atoms with Crippen LogP contribution in [0.15, 0.2) is 16.6 Å². The summed E-state index contributed by atoms with van der Waals surface area (Å²) in [7, 11) is 0. The molecule has 0 radical (unpaired) electrons. The molecule has 1 atom stereocenters. The molecule has 120 valence electrons. The highest BCUT2D eigenvalue weighted by atomic mass is 79.9. The molecule has 1 aromatic carbocycles. The van der Waals surface area contributed by atoms with Crippen molar-refractivity contribution < 1.29 is 28.8 Å². The number of aliphatic hydroxyl groups excluding tert-OH is 3. The van der Waals surface area contributed by atoms with Gasteiger partial charge in [0.2, 0.25) is 0 Å². The third-order valence-electron chi connectivity index (χ3n) is 2.68. The average molecular weight is 370 g/mol. The number of halogens is 3. The minimum Gasteiger partial charge on any atom is -0.485 e. The lowest BCUT2D eigenvalue weighted by Crippen LogP contribution is -2.39. The summed E-state index contributed by atoms with van der Waals surface area (Å²) in [6.45, 7) is 0.119. The Hall–Kier alpha value is -0.800. The van der Waals surface area contributed by atoms with E-state index in [1.165, 1.54) is 0 Å². The lowest BCUT2D eigenvalue weighted by molar-refractivity contribution is 0.0530. The third kappa shape index (κ3) is 6.23. The number of hydrogen-bond donors (Lipinski definition) is 3. The Kier molecular flexibility index (Phi) is 8.05. The standard InChI is InChI=1S/C13H18BrF2NO4/c14-9-5-11(15)13(12(16)6-9)21-8-10(20)7-17(1-3-18)2-4-19/h5-6,10,18-20H,1-4,7-8H2. The fourth-order valence-electron chi connectivity index (χ4n) is 1.77. The number of aliphatic hydroxyl groups is 3. The summed E-state index contributed by atoms with van der Waals surface area (Å²) in [5.74, 6) is -2.28. The average Bonchev–Trinajstić information content (AvgIpc) is 2.37. The van der Waals surface area contributed by atoms with Crippen LogP contribution in [0.1, 0.15) is 0 Å². The van der Waals surface area contributed by atoms with Crippen molar-refractivity contribution in [3.63, 3.8) is 0 Å². The van der Waals surface area contributed by atoms with Gasteiger partial charge >= 0.3 is 0 Å². The Labute approximate surface area is 129 Å². The molecule has 0 aliphatic carbocycles. The summed E-state index contributed by atoms with van der Waals surface area (Å²) in [5, 5.41) is 27.5. The van der Waals surface area contributed by atoms with Crippen LogP contribution in [0.3, 0.4) is 0 Å². The summed E-state index contributed by atoms with van der Waals surface area (Å²) in [4.78, 5) is 1.61. The summed E-state index contributed by atoms with van der Waals surface area (Å²) in [6, 6.07) is 2.13. The number of benzene rings is 1. The number of rotatable bonds is 9. The van der Waals surface area contributed by atoms with Crippen molar-refractivity contribution in [3.8, 4) is 5.75 Å². The maximum absolute atomic E-state index is 13.5. The van der Waals surface area contributed by atoms with Gasteiger partial charge in [-0.1, -0.05) is 15.9 Å². The van der Waals surface area contributed by atoms with E-state index in [2.05, 4.69) is 15.9 Å². The molecule has 0 aliphatic rings. The molecular weight excluding hydrogens is 352 g/mol. The monoisotopic (exact) mass is 369 g/mol. The van der Waals surface area contributed by atoms with Crippen molar-refractivity contribution in [3.05, 3.63) is 28.2 Å². The maximum atomic E-state index is 13.5. The van der Waals surface area contributed by atoms with Crippen LogP contribution in [0, 0.1) is 11.6 Å². The van der Waals surface area contributed by atoms with E-state index in [9.17, 15) is 13.9 Å². The van der Waals surface area contributed by atoms with Gasteiger partial charge in [-0.05, 0) is 12.1 Å². The zero-order chi connectivity index (χ0) is 15.8. The second kappa shape index (κ2) is 9.26. The molecule has 3 N–H and O–H groups in total. The second-order valence-electron chi connectivity index (χ2n) is 4.41. The van der Waals surface area contributed by atoms with Crippen LogP contribution in [0.5, 0.6) is 5.75 Å². The minimum atomic E-state index is -1.01. The molecule has 0 saturated carbocycles.